The van der Waals surface area contributed by atoms with Crippen LogP contribution in [0.2, 0.25) is 0 Å². The van der Waals surface area contributed by atoms with Crippen molar-refractivity contribution in [3.63, 3.8) is 0 Å². The fourth-order valence-electron chi connectivity index (χ4n) is 5.43. The molecule has 1 aromatic heterocycles. The van der Waals surface area contributed by atoms with Gasteiger partial charge in [0.05, 0.1) is 30.8 Å². The van der Waals surface area contributed by atoms with Crippen molar-refractivity contribution in [1.29, 1.82) is 0 Å². The number of para-hydroxylation sites is 1. The van der Waals surface area contributed by atoms with Crippen LogP contribution in [0.3, 0.4) is 0 Å². The molecular weight excluding hydrogens is 524 g/mol. The number of hydrogen-bond acceptors (Lipinski definition) is 4. The van der Waals surface area contributed by atoms with Crippen LogP contribution in [0, 0.1) is 0 Å². The number of nitrogens with one attached hydrogen (secondary N) is 1. The first-order valence-corrected chi connectivity index (χ1v) is 16.0. The molecule has 1 aliphatic heterocycles. The van der Waals surface area contributed by atoms with E-state index in [0.29, 0.717) is 26.3 Å². The summed E-state index contributed by atoms with van der Waals surface area (Å²) in [6.45, 7) is 15.7. The number of hydrogen-bond donors (Lipinski definition) is 1. The Morgan fingerprint density at radius 2 is 1.76 bits per heavy atom. The van der Waals surface area contributed by atoms with Crippen LogP contribution >= 0.6 is 0 Å². The fraction of sp³-hybridized carbons (Fsp3) is 0.543. The Kier molecular flexibility index (Phi) is 14.6. The SMILES string of the molecule is CCCCn1cc(C(=O)NCC2=CC=CCC=C2)c2cccc(CC)c21.CCCN(CCC)CC(=O)N1CCOCC1. The molecule has 0 spiro atoms. The van der Waals surface area contributed by atoms with E-state index in [2.05, 4.69) is 85.0 Å². The molecule has 0 radical (unpaired) electrons. The molecule has 0 saturated carbocycles. The van der Waals surface area contributed by atoms with Gasteiger partial charge >= 0.3 is 0 Å². The summed E-state index contributed by atoms with van der Waals surface area (Å²) in [7, 11) is 0. The molecule has 1 saturated heterocycles. The second-order valence-corrected chi connectivity index (χ2v) is 11.0. The van der Waals surface area contributed by atoms with Gasteiger partial charge in [-0.25, -0.2) is 0 Å². The highest BCUT2D eigenvalue weighted by Gasteiger charge is 2.19. The predicted molar refractivity (Wildman–Crippen MR) is 174 cm³/mol. The van der Waals surface area contributed by atoms with E-state index in [0.717, 1.165) is 87.8 Å². The van der Waals surface area contributed by atoms with E-state index in [1.807, 2.05) is 17.2 Å². The number of unbranched alkanes of at least 4 members (excludes halogenated alkanes) is 1. The van der Waals surface area contributed by atoms with E-state index in [-0.39, 0.29) is 11.8 Å². The van der Waals surface area contributed by atoms with Crippen LogP contribution in [0.15, 0.2) is 60.3 Å². The van der Waals surface area contributed by atoms with Crippen molar-refractivity contribution in [2.45, 2.75) is 72.8 Å². The predicted octanol–water partition coefficient (Wildman–Crippen LogP) is 6.14. The van der Waals surface area contributed by atoms with Crippen LogP contribution in [-0.4, -0.2) is 78.7 Å². The highest BCUT2D eigenvalue weighted by Crippen LogP contribution is 2.26. The Morgan fingerprint density at radius 1 is 1.00 bits per heavy atom. The molecule has 2 aromatic rings. The van der Waals surface area contributed by atoms with Gasteiger partial charge in [0.2, 0.25) is 5.91 Å². The maximum absolute atomic E-state index is 12.9. The van der Waals surface area contributed by atoms with Crippen LogP contribution in [0.5, 0.6) is 0 Å². The van der Waals surface area contributed by atoms with Crippen LogP contribution in [-0.2, 0) is 22.5 Å². The first-order chi connectivity index (χ1) is 20.5. The minimum Gasteiger partial charge on any atom is -0.378 e. The fourth-order valence-corrected chi connectivity index (χ4v) is 5.43. The van der Waals surface area contributed by atoms with Gasteiger partial charge in [-0.1, -0.05) is 82.7 Å². The number of allylic oxidation sites excluding steroid dienone is 4. The van der Waals surface area contributed by atoms with Crippen LogP contribution in [0.4, 0.5) is 0 Å². The van der Waals surface area contributed by atoms with E-state index < -0.39 is 0 Å². The topological polar surface area (TPSA) is 66.8 Å². The summed E-state index contributed by atoms with van der Waals surface area (Å²) >= 11 is 0. The molecule has 7 heteroatoms. The average molecular weight is 577 g/mol. The smallest absolute Gasteiger partial charge is 0.253 e. The highest BCUT2D eigenvalue weighted by atomic mass is 16.5. The first kappa shape index (κ1) is 33.3. The summed E-state index contributed by atoms with van der Waals surface area (Å²) in [6, 6.07) is 6.29. The summed E-state index contributed by atoms with van der Waals surface area (Å²) < 4.78 is 7.51. The third-order valence-corrected chi connectivity index (χ3v) is 7.67. The number of carbonyl (C=O) groups excluding carboxylic acids is 2. The molecule has 0 unspecified atom stereocenters. The van der Waals surface area contributed by atoms with Gasteiger partial charge in [0.1, 0.15) is 0 Å². The Morgan fingerprint density at radius 3 is 2.45 bits per heavy atom. The third-order valence-electron chi connectivity index (χ3n) is 7.67. The van der Waals surface area contributed by atoms with Gasteiger partial charge in [-0.2, -0.15) is 0 Å². The van der Waals surface area contributed by atoms with Crippen molar-refractivity contribution >= 4 is 22.7 Å². The Bertz CT molecular complexity index is 1210. The van der Waals surface area contributed by atoms with Crippen molar-refractivity contribution in [2.24, 2.45) is 0 Å². The lowest BCUT2D eigenvalue weighted by Crippen LogP contribution is -2.46. The molecular formula is C35H52N4O3. The van der Waals surface area contributed by atoms with E-state index in [1.165, 1.54) is 11.1 Å². The number of fused-ring (bicyclic) bond motifs is 1. The molecule has 2 aliphatic rings. The van der Waals surface area contributed by atoms with E-state index in [1.54, 1.807) is 0 Å². The summed E-state index contributed by atoms with van der Waals surface area (Å²) in [6.07, 6.45) is 18.8. The van der Waals surface area contributed by atoms with Gasteiger partial charge in [0.15, 0.2) is 0 Å². The van der Waals surface area contributed by atoms with Crippen molar-refractivity contribution in [3.05, 3.63) is 71.5 Å². The lowest BCUT2D eigenvalue weighted by atomic mass is 10.1. The Hall–Kier alpha value is -3.16. The standard InChI is InChI=1S/C23H28N2O.C12H24N2O2/c1-3-5-15-25-17-21(20-14-10-13-19(4-2)22(20)25)23(26)24-16-18-11-8-6-7-9-12-18;1-3-5-13(6-4-2)11-12(15)14-7-9-16-10-8-14/h6,8-14,17H,3-5,7,15-16H2,1-2H3,(H,24,26);3-11H2,1-2H3. The number of aryl methyl sites for hydroxylation is 2. The molecule has 1 fully saturated rings. The van der Waals surface area contributed by atoms with Crippen molar-refractivity contribution in [2.75, 3.05) is 52.5 Å². The van der Waals surface area contributed by atoms with Crippen molar-refractivity contribution in [1.82, 2.24) is 19.7 Å². The van der Waals surface area contributed by atoms with E-state index in [4.69, 9.17) is 4.74 Å². The molecule has 0 atom stereocenters. The van der Waals surface area contributed by atoms with Crippen molar-refractivity contribution < 1.29 is 14.3 Å². The number of morpholine rings is 1. The van der Waals surface area contributed by atoms with Crippen LogP contribution in [0.1, 0.15) is 75.7 Å². The third kappa shape index (κ3) is 9.99. The molecule has 230 valence electrons. The van der Waals surface area contributed by atoms with Gasteiger partial charge < -0.3 is 19.5 Å². The molecule has 1 aliphatic carbocycles. The average Bonchev–Trinajstić information content (AvgIpc) is 3.19. The number of ether oxygens (including phenoxy) is 1. The second-order valence-electron chi connectivity index (χ2n) is 11.0. The largest absolute Gasteiger partial charge is 0.378 e. The van der Waals surface area contributed by atoms with Crippen LogP contribution < -0.4 is 5.32 Å². The Labute approximate surface area is 253 Å². The Balaban J connectivity index is 0.000000260. The molecule has 1 N–H and O–H groups in total. The van der Waals surface area contributed by atoms with Crippen molar-refractivity contribution in [3.8, 4) is 0 Å². The normalized spacial score (nSPS) is 14.9. The second kappa shape index (κ2) is 18.4. The molecule has 2 heterocycles. The summed E-state index contributed by atoms with van der Waals surface area (Å²) in [5.74, 6) is 0.256. The minimum absolute atomic E-state index is 0.000952. The molecule has 0 bridgehead atoms. The number of rotatable bonds is 13. The van der Waals surface area contributed by atoms with Gasteiger partial charge in [0, 0.05) is 37.8 Å². The lowest BCUT2D eigenvalue weighted by Gasteiger charge is -2.29. The lowest BCUT2D eigenvalue weighted by molar-refractivity contribution is -0.136. The number of benzene rings is 1. The molecule has 4 rings (SSSR count). The number of nitrogens with zero attached hydrogens (tertiary/aromatic N) is 3. The number of carbonyl (C=O) groups is 2. The first-order valence-electron chi connectivity index (χ1n) is 16.0. The molecule has 7 nitrogen and oxygen atoms in total. The summed E-state index contributed by atoms with van der Waals surface area (Å²) in [4.78, 5) is 29.0. The molecule has 42 heavy (non-hydrogen) atoms. The monoisotopic (exact) mass is 576 g/mol. The van der Waals surface area contributed by atoms with Gasteiger partial charge in [-0.05, 0) is 56.3 Å². The minimum atomic E-state index is 0.000952. The van der Waals surface area contributed by atoms with Gasteiger partial charge in [-0.15, -0.1) is 0 Å². The van der Waals surface area contributed by atoms with E-state index in [9.17, 15) is 9.59 Å². The van der Waals surface area contributed by atoms with Crippen LogP contribution in [0.25, 0.3) is 10.9 Å². The maximum Gasteiger partial charge on any atom is 0.253 e. The maximum atomic E-state index is 12.9. The quantitative estimate of drug-likeness (QED) is 0.311. The number of aromatic nitrogens is 1. The number of amides is 2. The van der Waals surface area contributed by atoms with E-state index >= 15 is 0 Å². The zero-order valence-corrected chi connectivity index (χ0v) is 26.4. The molecule has 1 aromatic carbocycles. The van der Waals surface area contributed by atoms with Gasteiger partial charge in [-0.3, -0.25) is 14.5 Å². The highest BCUT2D eigenvalue weighted by molar-refractivity contribution is 6.07. The zero-order valence-electron chi connectivity index (χ0n) is 26.4. The summed E-state index contributed by atoms with van der Waals surface area (Å²) in [5, 5.41) is 4.15. The zero-order chi connectivity index (χ0) is 30.2. The summed E-state index contributed by atoms with van der Waals surface area (Å²) in [5.41, 5.74) is 4.42. The molecule has 2 amide bonds. The van der Waals surface area contributed by atoms with Gasteiger partial charge in [0.25, 0.3) is 5.91 Å².